The van der Waals surface area contributed by atoms with Gasteiger partial charge in [-0.25, -0.2) is 0 Å². The molecule has 3 atom stereocenters. The molecule has 3 aliphatic rings. The maximum Gasteiger partial charge on any atom is 0.225 e. The van der Waals surface area contributed by atoms with Crippen molar-refractivity contribution in [2.75, 3.05) is 32.7 Å². The Balaban J connectivity index is 1.43. The molecule has 2 aliphatic heterocycles. The van der Waals surface area contributed by atoms with Gasteiger partial charge in [0.15, 0.2) is 0 Å². The Morgan fingerprint density at radius 3 is 2.04 bits per heavy atom. The summed E-state index contributed by atoms with van der Waals surface area (Å²) in [6.45, 7) is 3.33. The van der Waals surface area contributed by atoms with Gasteiger partial charge in [-0.2, -0.15) is 0 Å². The van der Waals surface area contributed by atoms with Crippen LogP contribution in [0.4, 0.5) is 0 Å². The van der Waals surface area contributed by atoms with Crippen molar-refractivity contribution in [1.82, 2.24) is 9.80 Å². The maximum absolute atomic E-state index is 12.4. The molecule has 3 fully saturated rings. The minimum atomic E-state index is -1.03. The fourth-order valence-corrected chi connectivity index (χ4v) is 4.36. The van der Waals surface area contributed by atoms with Gasteiger partial charge in [-0.05, 0) is 31.6 Å². The van der Waals surface area contributed by atoms with Crippen molar-refractivity contribution in [3.8, 4) is 0 Å². The third-order valence-electron chi connectivity index (χ3n) is 5.83. The van der Waals surface area contributed by atoms with E-state index in [0.29, 0.717) is 24.9 Å². The second-order valence-electron chi connectivity index (χ2n) is 7.59. The van der Waals surface area contributed by atoms with E-state index in [9.17, 15) is 20.1 Å². The van der Waals surface area contributed by atoms with Gasteiger partial charge in [-0.15, -0.1) is 0 Å². The summed E-state index contributed by atoms with van der Waals surface area (Å²) in [4.78, 5) is 16.5. The highest BCUT2D eigenvalue weighted by molar-refractivity contribution is 5.79. The number of β-amino-alcohol motifs (C(OH)–C–C–N with tert-alkyl or cyclic N) is 2. The van der Waals surface area contributed by atoms with E-state index in [4.69, 9.17) is 0 Å². The molecule has 1 aliphatic carbocycles. The summed E-state index contributed by atoms with van der Waals surface area (Å²) in [6, 6.07) is 0. The minimum absolute atomic E-state index is 0.264. The summed E-state index contributed by atoms with van der Waals surface area (Å²) in [5.74, 6) is 1.12. The average Bonchev–Trinajstić information content (AvgIpc) is 3.07. The van der Waals surface area contributed by atoms with Crippen molar-refractivity contribution in [3.05, 3.63) is 0 Å². The smallest absolute Gasteiger partial charge is 0.225 e. The van der Waals surface area contributed by atoms with Gasteiger partial charge in [0.2, 0.25) is 5.91 Å². The van der Waals surface area contributed by atoms with Crippen molar-refractivity contribution < 1.29 is 20.1 Å². The summed E-state index contributed by atoms with van der Waals surface area (Å²) in [5.41, 5.74) is 0. The summed E-state index contributed by atoms with van der Waals surface area (Å²) >= 11 is 0. The zero-order valence-corrected chi connectivity index (χ0v) is 13.8. The fraction of sp³-hybridized carbons (Fsp3) is 0.941. The van der Waals surface area contributed by atoms with Gasteiger partial charge in [-0.1, -0.05) is 12.8 Å². The van der Waals surface area contributed by atoms with Crippen LogP contribution >= 0.6 is 0 Å². The van der Waals surface area contributed by atoms with Crippen LogP contribution in [0.3, 0.4) is 0 Å². The van der Waals surface area contributed by atoms with Crippen molar-refractivity contribution in [3.63, 3.8) is 0 Å². The molecule has 0 aromatic rings. The molecule has 0 spiro atoms. The third-order valence-corrected chi connectivity index (χ3v) is 5.83. The number of rotatable bonds is 3. The first-order chi connectivity index (χ1) is 11.0. The Hall–Kier alpha value is -0.690. The number of aliphatic hydroxyl groups excluding tert-OH is 3. The lowest BCUT2D eigenvalue weighted by Crippen LogP contribution is -2.56. The molecule has 0 radical (unpaired) electrons. The van der Waals surface area contributed by atoms with E-state index < -0.39 is 18.3 Å². The van der Waals surface area contributed by atoms with Crippen LogP contribution in [0.5, 0.6) is 0 Å². The van der Waals surface area contributed by atoms with Gasteiger partial charge < -0.3 is 20.2 Å². The summed E-state index contributed by atoms with van der Waals surface area (Å²) in [6.07, 6.45) is 3.71. The monoisotopic (exact) mass is 326 g/mol. The third kappa shape index (κ3) is 4.05. The van der Waals surface area contributed by atoms with Crippen LogP contribution in [0, 0.1) is 11.8 Å². The highest BCUT2D eigenvalue weighted by Crippen LogP contribution is 2.29. The predicted molar refractivity (Wildman–Crippen MR) is 85.7 cm³/mol. The number of hydrogen-bond acceptors (Lipinski definition) is 5. The van der Waals surface area contributed by atoms with Crippen molar-refractivity contribution in [1.29, 1.82) is 0 Å². The highest BCUT2D eigenvalue weighted by Gasteiger charge is 2.35. The topological polar surface area (TPSA) is 84.2 Å². The standard InChI is InChI=1S/C17H30N2O4/c20-14-10-18(11-15(21)16(14)22)9-12-5-7-19(8-6-12)17(23)13-3-1-2-4-13/h12-16,20-22H,1-11H2/t14-,15+,16?. The van der Waals surface area contributed by atoms with Gasteiger partial charge in [0.1, 0.15) is 6.10 Å². The Kier molecular flexibility index (Phi) is 5.57. The zero-order chi connectivity index (χ0) is 16.4. The lowest BCUT2D eigenvalue weighted by molar-refractivity contribution is -0.137. The van der Waals surface area contributed by atoms with Crippen LogP contribution in [0.1, 0.15) is 38.5 Å². The van der Waals surface area contributed by atoms with E-state index in [0.717, 1.165) is 45.3 Å². The van der Waals surface area contributed by atoms with Crippen LogP contribution in [0.2, 0.25) is 0 Å². The first-order valence-corrected chi connectivity index (χ1v) is 9.10. The van der Waals surface area contributed by atoms with Crippen molar-refractivity contribution in [2.45, 2.75) is 56.8 Å². The quantitative estimate of drug-likeness (QED) is 0.670. The molecule has 3 N–H and O–H groups in total. The molecule has 2 saturated heterocycles. The molecule has 1 saturated carbocycles. The lowest BCUT2D eigenvalue weighted by atomic mass is 9.93. The van der Waals surface area contributed by atoms with E-state index in [1.54, 1.807) is 0 Å². The number of amides is 1. The second kappa shape index (κ2) is 7.47. The molecular formula is C17H30N2O4. The number of hydrogen-bond donors (Lipinski definition) is 3. The van der Waals surface area contributed by atoms with Crippen LogP contribution in [0.15, 0.2) is 0 Å². The molecule has 1 amide bonds. The van der Waals surface area contributed by atoms with Crippen LogP contribution < -0.4 is 0 Å². The van der Waals surface area contributed by atoms with E-state index >= 15 is 0 Å². The molecule has 0 bridgehead atoms. The molecule has 6 nitrogen and oxygen atoms in total. The lowest BCUT2D eigenvalue weighted by Gasteiger charge is -2.40. The molecule has 6 heteroatoms. The fourth-order valence-electron chi connectivity index (χ4n) is 4.36. The van der Waals surface area contributed by atoms with E-state index in [1.165, 1.54) is 12.8 Å². The Labute approximate surface area is 138 Å². The zero-order valence-electron chi connectivity index (χ0n) is 13.8. The predicted octanol–water partition coefficient (Wildman–Crippen LogP) is -0.186. The van der Waals surface area contributed by atoms with Crippen molar-refractivity contribution >= 4 is 5.91 Å². The van der Waals surface area contributed by atoms with Gasteiger partial charge in [-0.3, -0.25) is 9.69 Å². The summed E-state index contributed by atoms with van der Waals surface area (Å²) < 4.78 is 0. The molecule has 0 aromatic carbocycles. The molecule has 132 valence electrons. The number of piperidine rings is 2. The Bertz CT molecular complexity index is 393. The molecule has 3 rings (SSSR count). The average molecular weight is 326 g/mol. The summed E-state index contributed by atoms with van der Waals surface area (Å²) in [7, 11) is 0. The van der Waals surface area contributed by atoms with Crippen LogP contribution in [-0.4, -0.2) is 82.1 Å². The van der Waals surface area contributed by atoms with Gasteiger partial charge >= 0.3 is 0 Å². The second-order valence-corrected chi connectivity index (χ2v) is 7.59. The van der Waals surface area contributed by atoms with E-state index in [2.05, 4.69) is 0 Å². The van der Waals surface area contributed by atoms with Crippen LogP contribution in [0.25, 0.3) is 0 Å². The van der Waals surface area contributed by atoms with Crippen molar-refractivity contribution in [2.24, 2.45) is 11.8 Å². The molecule has 23 heavy (non-hydrogen) atoms. The molecule has 2 heterocycles. The van der Waals surface area contributed by atoms with E-state index in [1.807, 2.05) is 9.80 Å². The number of nitrogens with zero attached hydrogens (tertiary/aromatic N) is 2. The first-order valence-electron chi connectivity index (χ1n) is 9.10. The SMILES string of the molecule is O=C(C1CCCC1)N1CCC(CN2C[C@@H](O)C(O)[C@@H](O)C2)CC1. The molecule has 0 aromatic heterocycles. The van der Waals surface area contributed by atoms with Crippen LogP contribution in [-0.2, 0) is 4.79 Å². The largest absolute Gasteiger partial charge is 0.389 e. The first kappa shape index (κ1) is 17.1. The normalized spacial score (nSPS) is 34.9. The van der Waals surface area contributed by atoms with Gasteiger partial charge in [0.05, 0.1) is 12.2 Å². The van der Waals surface area contributed by atoms with Gasteiger partial charge in [0, 0.05) is 38.6 Å². The highest BCUT2D eigenvalue weighted by atomic mass is 16.4. The number of aliphatic hydroxyl groups is 3. The Morgan fingerprint density at radius 2 is 1.48 bits per heavy atom. The molecule has 1 unspecified atom stereocenters. The number of carbonyl (C=O) groups is 1. The maximum atomic E-state index is 12.4. The summed E-state index contributed by atoms with van der Waals surface area (Å²) in [5, 5.41) is 29.2. The Morgan fingerprint density at radius 1 is 0.913 bits per heavy atom. The van der Waals surface area contributed by atoms with E-state index in [-0.39, 0.29) is 5.92 Å². The molecular weight excluding hydrogens is 296 g/mol. The number of carbonyl (C=O) groups excluding carboxylic acids is 1. The number of likely N-dealkylation sites (tertiary alicyclic amines) is 2. The minimum Gasteiger partial charge on any atom is -0.389 e. The van der Waals surface area contributed by atoms with Gasteiger partial charge in [0.25, 0.3) is 0 Å².